The average Bonchev–Trinajstić information content (AvgIpc) is 3.09. The molecule has 142 valence electrons. The molecule has 0 spiro atoms. The maximum atomic E-state index is 12.7. The van der Waals surface area contributed by atoms with Gasteiger partial charge in [-0.2, -0.15) is 13.2 Å². The molecule has 0 aliphatic rings. The van der Waals surface area contributed by atoms with Crippen LogP contribution in [0.3, 0.4) is 0 Å². The van der Waals surface area contributed by atoms with Gasteiger partial charge in [0.15, 0.2) is 17.3 Å². The Balaban J connectivity index is 2.05. The van der Waals surface area contributed by atoms with Crippen molar-refractivity contribution < 1.29 is 22.6 Å². The number of H-pyrrole nitrogens is 2. The van der Waals surface area contributed by atoms with Gasteiger partial charge in [0.2, 0.25) is 0 Å². The van der Waals surface area contributed by atoms with Crippen LogP contribution in [0.4, 0.5) is 13.2 Å². The number of hydrogen-bond donors (Lipinski definition) is 2. The van der Waals surface area contributed by atoms with Crippen LogP contribution in [0.25, 0.3) is 22.0 Å². The number of nitrogens with one attached hydrogen (secondary N) is 2. The van der Waals surface area contributed by atoms with Crippen molar-refractivity contribution in [3.63, 3.8) is 0 Å². The van der Waals surface area contributed by atoms with Crippen LogP contribution in [0.15, 0.2) is 29.2 Å². The van der Waals surface area contributed by atoms with E-state index in [0.717, 1.165) is 12.3 Å². The molecule has 0 unspecified atom stereocenters. The molecule has 0 amide bonds. The fraction of sp³-hybridized carbons (Fsp3) is 0.176. The Kier molecular flexibility index (Phi) is 4.88. The zero-order valence-electron chi connectivity index (χ0n) is 14.1. The van der Waals surface area contributed by atoms with Crippen molar-refractivity contribution in [1.82, 2.24) is 15.0 Å². The van der Waals surface area contributed by atoms with Crippen LogP contribution in [0.5, 0.6) is 11.5 Å². The number of nitrogens with zero attached hydrogens (tertiary/aromatic N) is 1. The van der Waals surface area contributed by atoms with Crippen LogP contribution in [0, 0.1) is 0 Å². The first-order valence-corrected chi connectivity index (χ1v) is 7.90. The molecule has 0 aliphatic carbocycles. The summed E-state index contributed by atoms with van der Waals surface area (Å²) in [6.07, 6.45) is -2.08. The molecule has 2 heterocycles. The molecular formula is C17H13ClF3N3O3. The molecule has 1 aromatic carbocycles. The Morgan fingerprint density at radius 1 is 1.19 bits per heavy atom. The highest BCUT2D eigenvalue weighted by molar-refractivity contribution is 6.50. The number of alkyl halides is 3. The molecule has 2 aromatic heterocycles. The van der Waals surface area contributed by atoms with Crippen molar-refractivity contribution in [3.8, 4) is 11.5 Å². The van der Waals surface area contributed by atoms with E-state index in [9.17, 15) is 18.0 Å². The lowest BCUT2D eigenvalue weighted by molar-refractivity contribution is -0.140. The molecule has 0 bridgehead atoms. The monoisotopic (exact) mass is 399 g/mol. The Labute approximate surface area is 155 Å². The van der Waals surface area contributed by atoms with Crippen LogP contribution in [-0.2, 0) is 6.18 Å². The summed E-state index contributed by atoms with van der Waals surface area (Å²) >= 11 is 6.15. The van der Waals surface area contributed by atoms with Gasteiger partial charge < -0.3 is 19.4 Å². The van der Waals surface area contributed by atoms with Gasteiger partial charge in [0.1, 0.15) is 5.69 Å². The Morgan fingerprint density at radius 3 is 2.44 bits per heavy atom. The van der Waals surface area contributed by atoms with Gasteiger partial charge >= 0.3 is 6.18 Å². The van der Waals surface area contributed by atoms with Gasteiger partial charge in [-0.1, -0.05) is 11.6 Å². The highest BCUT2D eigenvalue weighted by atomic mass is 35.5. The largest absolute Gasteiger partial charge is 0.493 e. The van der Waals surface area contributed by atoms with Gasteiger partial charge in [-0.05, 0) is 23.8 Å². The lowest BCUT2D eigenvalue weighted by Gasteiger charge is -2.09. The molecule has 3 aromatic rings. The number of aromatic nitrogens is 3. The van der Waals surface area contributed by atoms with Crippen molar-refractivity contribution >= 4 is 33.6 Å². The fourth-order valence-corrected chi connectivity index (χ4v) is 2.67. The number of halogens is 4. The number of fused-ring (bicyclic) bond motifs is 1. The normalized spacial score (nSPS) is 12.4. The molecule has 0 saturated carbocycles. The highest BCUT2D eigenvalue weighted by Crippen LogP contribution is 2.32. The number of aromatic amines is 2. The van der Waals surface area contributed by atoms with E-state index in [-0.39, 0.29) is 21.8 Å². The van der Waals surface area contributed by atoms with E-state index in [2.05, 4.69) is 15.0 Å². The third-order valence-electron chi connectivity index (χ3n) is 3.74. The second-order valence-electron chi connectivity index (χ2n) is 5.48. The number of methoxy groups -OCH3 is 2. The van der Waals surface area contributed by atoms with Crippen molar-refractivity contribution in [2.45, 2.75) is 6.18 Å². The summed E-state index contributed by atoms with van der Waals surface area (Å²) in [7, 11) is 2.88. The van der Waals surface area contributed by atoms with Gasteiger partial charge in [-0.25, -0.2) is 4.98 Å². The van der Waals surface area contributed by atoms with Crippen molar-refractivity contribution in [2.75, 3.05) is 14.2 Å². The Bertz CT molecular complexity index is 1090. The van der Waals surface area contributed by atoms with Crippen LogP contribution in [-0.4, -0.2) is 29.2 Å². The predicted octanol–water partition coefficient (Wildman–Crippen LogP) is 4.02. The first-order chi connectivity index (χ1) is 12.7. The summed E-state index contributed by atoms with van der Waals surface area (Å²) in [5, 5.41) is 0.221. The minimum Gasteiger partial charge on any atom is -0.493 e. The summed E-state index contributed by atoms with van der Waals surface area (Å²) in [4.78, 5) is 21.2. The van der Waals surface area contributed by atoms with E-state index in [1.165, 1.54) is 32.4 Å². The molecule has 0 saturated heterocycles. The van der Waals surface area contributed by atoms with Gasteiger partial charge in [-0.15, -0.1) is 0 Å². The van der Waals surface area contributed by atoms with E-state index in [1.807, 2.05) is 0 Å². The summed E-state index contributed by atoms with van der Waals surface area (Å²) in [5.41, 5.74) is -0.909. The smallest absolute Gasteiger partial charge is 0.431 e. The molecule has 3 rings (SSSR count). The molecule has 27 heavy (non-hydrogen) atoms. The number of rotatable bonds is 4. The summed E-state index contributed by atoms with van der Waals surface area (Å²) < 4.78 is 48.3. The Hall–Kier alpha value is -2.94. The second kappa shape index (κ2) is 6.99. The van der Waals surface area contributed by atoms with Crippen LogP contribution in [0.2, 0.25) is 0 Å². The second-order valence-corrected chi connectivity index (χ2v) is 5.88. The quantitative estimate of drug-likeness (QED) is 0.694. The third-order valence-corrected chi connectivity index (χ3v) is 4.03. The minimum absolute atomic E-state index is 0.0103. The lowest BCUT2D eigenvalue weighted by Crippen LogP contribution is -2.11. The summed E-state index contributed by atoms with van der Waals surface area (Å²) in [6, 6.07) is 3.88. The molecule has 0 aliphatic heterocycles. The topological polar surface area (TPSA) is 80.0 Å². The van der Waals surface area contributed by atoms with Gasteiger partial charge in [0, 0.05) is 12.3 Å². The summed E-state index contributed by atoms with van der Waals surface area (Å²) in [5.74, 6) is 0.740. The molecular weight excluding hydrogens is 387 g/mol. The highest BCUT2D eigenvalue weighted by Gasteiger charge is 2.32. The SMILES string of the molecule is COc1cc2nc(/C(Cl)=C/c3c[nH]c(C(F)(F)F)c3)[nH]c(=O)c2cc1OC. The molecule has 10 heteroatoms. The van der Waals surface area contributed by atoms with Crippen LogP contribution >= 0.6 is 11.6 Å². The number of benzene rings is 1. The number of hydrogen-bond acceptors (Lipinski definition) is 4. The fourth-order valence-electron chi connectivity index (χ4n) is 2.45. The van der Waals surface area contributed by atoms with Crippen molar-refractivity contribution in [3.05, 3.63) is 51.8 Å². The third kappa shape index (κ3) is 3.77. The van der Waals surface area contributed by atoms with Crippen molar-refractivity contribution in [1.29, 1.82) is 0 Å². The van der Waals surface area contributed by atoms with E-state index in [0.29, 0.717) is 17.0 Å². The molecule has 0 atom stereocenters. The van der Waals surface area contributed by atoms with E-state index >= 15 is 0 Å². The van der Waals surface area contributed by atoms with Crippen molar-refractivity contribution in [2.24, 2.45) is 0 Å². The lowest BCUT2D eigenvalue weighted by atomic mass is 10.2. The molecule has 0 fully saturated rings. The first kappa shape index (κ1) is 18.8. The standard InChI is InChI=1S/C17H13ClF3N3O3/c1-26-12-5-9-11(6-13(12)27-2)23-15(24-16(9)25)10(18)3-8-4-14(22-7-8)17(19,20)21/h3-7,22H,1-2H3,(H,23,24,25)/b10-3-. The Morgan fingerprint density at radius 2 is 1.85 bits per heavy atom. The molecule has 6 nitrogen and oxygen atoms in total. The van der Waals surface area contributed by atoms with Crippen LogP contribution < -0.4 is 15.0 Å². The number of ether oxygens (including phenoxy) is 2. The zero-order valence-corrected chi connectivity index (χ0v) is 14.8. The van der Waals surface area contributed by atoms with Gasteiger partial charge in [0.25, 0.3) is 5.56 Å². The van der Waals surface area contributed by atoms with E-state index in [1.54, 1.807) is 0 Å². The van der Waals surface area contributed by atoms with Gasteiger partial charge in [-0.3, -0.25) is 4.79 Å². The average molecular weight is 400 g/mol. The zero-order chi connectivity index (χ0) is 19.8. The minimum atomic E-state index is -4.50. The summed E-state index contributed by atoms with van der Waals surface area (Å²) in [6.45, 7) is 0. The maximum absolute atomic E-state index is 12.7. The van der Waals surface area contributed by atoms with Crippen LogP contribution in [0.1, 0.15) is 17.1 Å². The van der Waals surface area contributed by atoms with E-state index in [4.69, 9.17) is 21.1 Å². The maximum Gasteiger partial charge on any atom is 0.431 e. The van der Waals surface area contributed by atoms with Gasteiger partial charge in [0.05, 0.1) is 30.2 Å². The first-order valence-electron chi connectivity index (χ1n) is 7.52. The predicted molar refractivity (Wildman–Crippen MR) is 95.0 cm³/mol. The van der Waals surface area contributed by atoms with E-state index < -0.39 is 17.4 Å². The molecule has 2 N–H and O–H groups in total. The molecule has 0 radical (unpaired) electrons.